The van der Waals surface area contributed by atoms with E-state index in [0.717, 1.165) is 16.7 Å². The number of halogens is 1. The summed E-state index contributed by atoms with van der Waals surface area (Å²) >= 11 is 5.92. The number of carboxylic acids is 1. The molecule has 0 saturated carbocycles. The van der Waals surface area contributed by atoms with Crippen LogP contribution in [0.1, 0.15) is 15.9 Å². The van der Waals surface area contributed by atoms with Crippen LogP contribution in [0, 0.1) is 12.3 Å². The average Bonchev–Trinajstić information content (AvgIpc) is 2.38. The van der Waals surface area contributed by atoms with Crippen LogP contribution in [-0.2, 0) is 0 Å². The molecule has 2 rings (SSSR count). The van der Waals surface area contributed by atoms with E-state index in [2.05, 4.69) is 5.92 Å². The van der Waals surface area contributed by atoms with E-state index < -0.39 is 5.97 Å². The highest BCUT2D eigenvalue weighted by Crippen LogP contribution is 2.25. The minimum absolute atomic E-state index is 0.0978. The molecule has 0 saturated heterocycles. The van der Waals surface area contributed by atoms with Crippen molar-refractivity contribution in [3.8, 4) is 23.5 Å². The van der Waals surface area contributed by atoms with Gasteiger partial charge in [-0.15, -0.1) is 6.42 Å². The van der Waals surface area contributed by atoms with Gasteiger partial charge in [0.25, 0.3) is 0 Å². The number of carboxylic acid groups (broad SMARTS) is 1. The van der Waals surface area contributed by atoms with Crippen molar-refractivity contribution in [3.63, 3.8) is 0 Å². The van der Waals surface area contributed by atoms with Crippen molar-refractivity contribution in [3.05, 3.63) is 58.6 Å². The lowest BCUT2D eigenvalue weighted by atomic mass is 10.0. The molecule has 0 fully saturated rings. The van der Waals surface area contributed by atoms with E-state index in [0.29, 0.717) is 0 Å². The molecule has 0 unspecified atom stereocenters. The summed E-state index contributed by atoms with van der Waals surface area (Å²) in [6, 6.07) is 12.3. The highest BCUT2D eigenvalue weighted by atomic mass is 35.5. The third kappa shape index (κ3) is 2.37. The van der Waals surface area contributed by atoms with Crippen LogP contribution in [0.25, 0.3) is 11.1 Å². The lowest BCUT2D eigenvalue weighted by Gasteiger charge is -2.04. The molecule has 0 aromatic heterocycles. The van der Waals surface area contributed by atoms with Gasteiger partial charge in [0.1, 0.15) is 0 Å². The Morgan fingerprint density at radius 2 is 1.72 bits per heavy atom. The molecule has 88 valence electrons. The number of hydrogen-bond acceptors (Lipinski definition) is 1. The Bertz CT molecular complexity index is 637. The molecule has 0 heterocycles. The van der Waals surface area contributed by atoms with Crippen LogP contribution in [0.15, 0.2) is 42.5 Å². The normalized spacial score (nSPS) is 9.78. The Morgan fingerprint density at radius 1 is 1.11 bits per heavy atom. The second kappa shape index (κ2) is 4.95. The van der Waals surface area contributed by atoms with Gasteiger partial charge in [-0.2, -0.15) is 0 Å². The predicted molar refractivity (Wildman–Crippen MR) is 71.8 cm³/mol. The van der Waals surface area contributed by atoms with Crippen LogP contribution < -0.4 is 0 Å². The van der Waals surface area contributed by atoms with Crippen LogP contribution >= 0.6 is 11.6 Å². The second-order valence-corrected chi connectivity index (χ2v) is 4.13. The molecule has 2 aromatic rings. The van der Waals surface area contributed by atoms with E-state index in [1.165, 1.54) is 6.07 Å². The monoisotopic (exact) mass is 256 g/mol. The lowest BCUT2D eigenvalue weighted by molar-refractivity contribution is 0.0697. The smallest absolute Gasteiger partial charge is 0.337 e. The molecular weight excluding hydrogens is 248 g/mol. The summed E-state index contributed by atoms with van der Waals surface area (Å²) < 4.78 is 0. The second-order valence-electron chi connectivity index (χ2n) is 3.72. The van der Waals surface area contributed by atoms with E-state index in [1.807, 2.05) is 24.3 Å². The summed E-state index contributed by atoms with van der Waals surface area (Å²) in [4.78, 5) is 10.8. The van der Waals surface area contributed by atoms with Gasteiger partial charge in [0.05, 0.1) is 10.6 Å². The van der Waals surface area contributed by atoms with Gasteiger partial charge in [-0.05, 0) is 35.4 Å². The summed E-state index contributed by atoms with van der Waals surface area (Å²) in [7, 11) is 0. The molecule has 0 bridgehead atoms. The van der Waals surface area contributed by atoms with Crippen LogP contribution in [0.4, 0.5) is 0 Å². The zero-order valence-electron chi connectivity index (χ0n) is 9.35. The number of rotatable bonds is 2. The molecule has 0 aliphatic carbocycles. The number of hydrogen-bond donors (Lipinski definition) is 1. The van der Waals surface area contributed by atoms with Gasteiger partial charge in [0, 0.05) is 5.56 Å². The summed E-state index contributed by atoms with van der Waals surface area (Å²) in [5.74, 6) is 1.50. The molecule has 1 N–H and O–H groups in total. The standard InChI is InChI=1S/C15H9ClO2/c1-2-10-3-5-11(6-4-10)12-7-8-13(15(17)18)14(16)9-12/h1,3-9H,(H,17,18). The van der Waals surface area contributed by atoms with Crippen LogP contribution in [0.3, 0.4) is 0 Å². The highest BCUT2D eigenvalue weighted by Gasteiger charge is 2.09. The first-order valence-corrected chi connectivity index (χ1v) is 5.59. The summed E-state index contributed by atoms with van der Waals surface area (Å²) in [6.45, 7) is 0. The molecule has 2 nitrogen and oxygen atoms in total. The van der Waals surface area contributed by atoms with E-state index in [1.54, 1.807) is 12.1 Å². The van der Waals surface area contributed by atoms with Crippen LogP contribution in [-0.4, -0.2) is 11.1 Å². The zero-order chi connectivity index (χ0) is 13.1. The molecule has 0 aliphatic heterocycles. The molecule has 0 radical (unpaired) electrons. The molecular formula is C15H9ClO2. The minimum Gasteiger partial charge on any atom is -0.478 e. The van der Waals surface area contributed by atoms with E-state index in [9.17, 15) is 4.79 Å². The predicted octanol–water partition coefficient (Wildman–Crippen LogP) is 3.69. The topological polar surface area (TPSA) is 37.3 Å². The van der Waals surface area contributed by atoms with Crippen molar-refractivity contribution in [2.24, 2.45) is 0 Å². The van der Waals surface area contributed by atoms with Crippen molar-refractivity contribution < 1.29 is 9.90 Å². The summed E-state index contributed by atoms with van der Waals surface area (Å²) in [6.07, 6.45) is 5.28. The Morgan fingerprint density at radius 3 is 2.22 bits per heavy atom. The number of terminal acetylenes is 1. The first-order chi connectivity index (χ1) is 8.61. The first-order valence-electron chi connectivity index (χ1n) is 5.21. The average molecular weight is 257 g/mol. The zero-order valence-corrected chi connectivity index (χ0v) is 10.1. The fraction of sp³-hybridized carbons (Fsp3) is 0. The highest BCUT2D eigenvalue weighted by molar-refractivity contribution is 6.33. The minimum atomic E-state index is -1.03. The summed E-state index contributed by atoms with van der Waals surface area (Å²) in [5.41, 5.74) is 2.69. The molecule has 0 amide bonds. The SMILES string of the molecule is C#Cc1ccc(-c2ccc(C(=O)O)c(Cl)c2)cc1. The van der Waals surface area contributed by atoms with Crippen LogP contribution in [0.2, 0.25) is 5.02 Å². The van der Waals surface area contributed by atoms with E-state index in [-0.39, 0.29) is 10.6 Å². The van der Waals surface area contributed by atoms with Gasteiger partial charge >= 0.3 is 5.97 Å². The Labute approximate surface area is 110 Å². The van der Waals surface area contributed by atoms with Crippen molar-refractivity contribution in [2.75, 3.05) is 0 Å². The maximum atomic E-state index is 10.8. The van der Waals surface area contributed by atoms with Crippen molar-refractivity contribution in [1.82, 2.24) is 0 Å². The maximum absolute atomic E-state index is 10.8. The van der Waals surface area contributed by atoms with Crippen molar-refractivity contribution in [1.29, 1.82) is 0 Å². The fourth-order valence-corrected chi connectivity index (χ4v) is 1.89. The Kier molecular flexibility index (Phi) is 3.36. The first kappa shape index (κ1) is 12.2. The molecule has 2 aromatic carbocycles. The molecule has 0 aliphatic rings. The third-order valence-electron chi connectivity index (χ3n) is 2.58. The molecule has 0 atom stereocenters. The quantitative estimate of drug-likeness (QED) is 0.832. The Balaban J connectivity index is 2.42. The van der Waals surface area contributed by atoms with Crippen molar-refractivity contribution in [2.45, 2.75) is 0 Å². The Hall–Kier alpha value is -2.24. The van der Waals surface area contributed by atoms with Gasteiger partial charge in [-0.1, -0.05) is 35.7 Å². The van der Waals surface area contributed by atoms with Gasteiger partial charge in [-0.3, -0.25) is 0 Å². The van der Waals surface area contributed by atoms with Gasteiger partial charge in [0.2, 0.25) is 0 Å². The number of carbonyl (C=O) groups is 1. The van der Waals surface area contributed by atoms with Crippen LogP contribution in [0.5, 0.6) is 0 Å². The maximum Gasteiger partial charge on any atom is 0.337 e. The van der Waals surface area contributed by atoms with Gasteiger partial charge in [0.15, 0.2) is 0 Å². The van der Waals surface area contributed by atoms with Gasteiger partial charge < -0.3 is 5.11 Å². The number of benzene rings is 2. The molecule has 0 spiro atoms. The number of aromatic carboxylic acids is 1. The fourth-order valence-electron chi connectivity index (χ4n) is 1.63. The molecule has 3 heteroatoms. The van der Waals surface area contributed by atoms with Gasteiger partial charge in [-0.25, -0.2) is 4.79 Å². The van der Waals surface area contributed by atoms with E-state index in [4.69, 9.17) is 23.1 Å². The molecule has 18 heavy (non-hydrogen) atoms. The largest absolute Gasteiger partial charge is 0.478 e. The summed E-state index contributed by atoms with van der Waals surface area (Å²) in [5, 5.41) is 9.11. The third-order valence-corrected chi connectivity index (χ3v) is 2.90. The van der Waals surface area contributed by atoms with E-state index >= 15 is 0 Å². The lowest BCUT2D eigenvalue weighted by Crippen LogP contribution is -1.97. The van der Waals surface area contributed by atoms with Crippen molar-refractivity contribution >= 4 is 17.6 Å².